The standard InChI is InChI=1S/C15H17NO2/c17-11-5-8-13-6-1-2-7-14(13)12-16-10-4-3-9-15(16)18/h1-2,6-7,17H,3-4,9-12H2. The summed E-state index contributed by atoms with van der Waals surface area (Å²) in [5.41, 5.74) is 1.94. The third-order valence-corrected chi connectivity index (χ3v) is 3.10. The molecule has 94 valence electrons. The molecule has 0 spiro atoms. The summed E-state index contributed by atoms with van der Waals surface area (Å²) in [6, 6.07) is 7.78. The van der Waals surface area contributed by atoms with Crippen LogP contribution < -0.4 is 0 Å². The second-order valence-corrected chi connectivity index (χ2v) is 4.39. The molecular formula is C15H17NO2. The second kappa shape index (κ2) is 6.23. The maximum absolute atomic E-state index is 11.8. The molecular weight excluding hydrogens is 226 g/mol. The normalized spacial score (nSPS) is 15.2. The van der Waals surface area contributed by atoms with E-state index in [1.54, 1.807) is 0 Å². The number of benzene rings is 1. The molecule has 1 aliphatic heterocycles. The molecule has 1 aliphatic rings. The molecule has 0 aliphatic carbocycles. The van der Waals surface area contributed by atoms with E-state index in [9.17, 15) is 4.79 Å². The van der Waals surface area contributed by atoms with Crippen LogP contribution in [-0.2, 0) is 11.3 Å². The Morgan fingerprint density at radius 1 is 1.28 bits per heavy atom. The fraction of sp³-hybridized carbons (Fsp3) is 0.400. The minimum Gasteiger partial charge on any atom is -0.384 e. The predicted molar refractivity (Wildman–Crippen MR) is 69.7 cm³/mol. The van der Waals surface area contributed by atoms with E-state index >= 15 is 0 Å². The Morgan fingerprint density at radius 3 is 2.89 bits per heavy atom. The van der Waals surface area contributed by atoms with Crippen molar-refractivity contribution < 1.29 is 9.90 Å². The molecule has 3 heteroatoms. The zero-order chi connectivity index (χ0) is 12.8. The van der Waals surface area contributed by atoms with Gasteiger partial charge in [0.25, 0.3) is 0 Å². The molecule has 2 rings (SSSR count). The molecule has 1 aromatic rings. The zero-order valence-electron chi connectivity index (χ0n) is 10.4. The van der Waals surface area contributed by atoms with Crippen LogP contribution in [-0.4, -0.2) is 29.1 Å². The van der Waals surface area contributed by atoms with Gasteiger partial charge in [0.15, 0.2) is 0 Å². The Kier molecular flexibility index (Phi) is 4.38. The summed E-state index contributed by atoms with van der Waals surface area (Å²) >= 11 is 0. The maximum atomic E-state index is 11.8. The van der Waals surface area contributed by atoms with E-state index in [0.717, 1.165) is 30.5 Å². The van der Waals surface area contributed by atoms with E-state index in [4.69, 9.17) is 5.11 Å². The average molecular weight is 243 g/mol. The molecule has 0 aromatic heterocycles. The van der Waals surface area contributed by atoms with Gasteiger partial charge in [-0.25, -0.2) is 0 Å². The lowest BCUT2D eigenvalue weighted by Crippen LogP contribution is -2.34. The maximum Gasteiger partial charge on any atom is 0.222 e. The van der Waals surface area contributed by atoms with Crippen molar-refractivity contribution in [3.63, 3.8) is 0 Å². The van der Waals surface area contributed by atoms with Crippen LogP contribution in [0.3, 0.4) is 0 Å². The molecule has 1 amide bonds. The van der Waals surface area contributed by atoms with Crippen molar-refractivity contribution >= 4 is 5.91 Å². The Hall–Kier alpha value is -1.79. The number of aliphatic hydroxyl groups excluding tert-OH is 1. The lowest BCUT2D eigenvalue weighted by Gasteiger charge is -2.27. The number of nitrogens with zero attached hydrogens (tertiary/aromatic N) is 1. The van der Waals surface area contributed by atoms with Crippen molar-refractivity contribution in [2.24, 2.45) is 0 Å². The lowest BCUT2D eigenvalue weighted by molar-refractivity contribution is -0.133. The van der Waals surface area contributed by atoms with Gasteiger partial charge in [0.2, 0.25) is 5.91 Å². The SMILES string of the molecule is O=C1CCCCN1Cc1ccccc1C#CCO. The van der Waals surface area contributed by atoms with Gasteiger partial charge in [-0.05, 0) is 24.5 Å². The highest BCUT2D eigenvalue weighted by atomic mass is 16.2. The third-order valence-electron chi connectivity index (χ3n) is 3.10. The van der Waals surface area contributed by atoms with Gasteiger partial charge in [-0.1, -0.05) is 30.0 Å². The van der Waals surface area contributed by atoms with Crippen molar-refractivity contribution in [3.8, 4) is 11.8 Å². The van der Waals surface area contributed by atoms with E-state index in [1.165, 1.54) is 0 Å². The van der Waals surface area contributed by atoms with Crippen LogP contribution >= 0.6 is 0 Å². The molecule has 0 saturated carbocycles. The molecule has 1 aromatic carbocycles. The average Bonchev–Trinajstić information content (AvgIpc) is 2.40. The number of hydrogen-bond acceptors (Lipinski definition) is 2. The van der Waals surface area contributed by atoms with Crippen molar-refractivity contribution in [2.75, 3.05) is 13.2 Å². The molecule has 0 unspecified atom stereocenters. The van der Waals surface area contributed by atoms with Gasteiger partial charge in [-0.2, -0.15) is 0 Å². The zero-order valence-corrected chi connectivity index (χ0v) is 10.4. The van der Waals surface area contributed by atoms with Crippen molar-refractivity contribution in [2.45, 2.75) is 25.8 Å². The summed E-state index contributed by atoms with van der Waals surface area (Å²) in [5, 5.41) is 8.74. The third kappa shape index (κ3) is 3.12. The number of amides is 1. The fourth-order valence-electron chi connectivity index (χ4n) is 2.15. The first-order valence-corrected chi connectivity index (χ1v) is 6.26. The second-order valence-electron chi connectivity index (χ2n) is 4.39. The van der Waals surface area contributed by atoms with Crippen LogP contribution in [0.4, 0.5) is 0 Å². The molecule has 1 N–H and O–H groups in total. The quantitative estimate of drug-likeness (QED) is 0.800. The van der Waals surface area contributed by atoms with E-state index < -0.39 is 0 Å². The van der Waals surface area contributed by atoms with Crippen molar-refractivity contribution in [1.82, 2.24) is 4.90 Å². The van der Waals surface area contributed by atoms with Crippen LogP contribution in [0, 0.1) is 11.8 Å². The van der Waals surface area contributed by atoms with Crippen LogP contribution in [0.1, 0.15) is 30.4 Å². The Bertz CT molecular complexity index is 485. The van der Waals surface area contributed by atoms with E-state index in [0.29, 0.717) is 13.0 Å². The molecule has 1 saturated heterocycles. The van der Waals surface area contributed by atoms with Gasteiger partial charge in [0, 0.05) is 25.1 Å². The molecule has 3 nitrogen and oxygen atoms in total. The monoisotopic (exact) mass is 243 g/mol. The molecule has 0 radical (unpaired) electrons. The van der Waals surface area contributed by atoms with Gasteiger partial charge in [0.05, 0.1) is 0 Å². The predicted octanol–water partition coefficient (Wildman–Crippen LogP) is 1.54. The van der Waals surface area contributed by atoms with Gasteiger partial charge >= 0.3 is 0 Å². The minimum absolute atomic E-state index is 0.142. The number of carbonyl (C=O) groups excluding carboxylic acids is 1. The van der Waals surface area contributed by atoms with Crippen LogP contribution in [0.5, 0.6) is 0 Å². The molecule has 1 fully saturated rings. The first-order valence-electron chi connectivity index (χ1n) is 6.26. The van der Waals surface area contributed by atoms with E-state index in [-0.39, 0.29) is 12.5 Å². The number of likely N-dealkylation sites (tertiary alicyclic amines) is 1. The molecule has 0 atom stereocenters. The lowest BCUT2D eigenvalue weighted by atomic mass is 10.0. The van der Waals surface area contributed by atoms with Crippen molar-refractivity contribution in [1.29, 1.82) is 0 Å². The van der Waals surface area contributed by atoms with Crippen LogP contribution in [0.15, 0.2) is 24.3 Å². The Labute approximate surface area is 107 Å². The number of rotatable bonds is 2. The summed E-state index contributed by atoms with van der Waals surface area (Å²) in [6.45, 7) is 1.31. The highest BCUT2D eigenvalue weighted by Crippen LogP contribution is 2.16. The van der Waals surface area contributed by atoms with Gasteiger partial charge in [-0.3, -0.25) is 4.79 Å². The number of aliphatic hydroxyl groups is 1. The molecule has 0 bridgehead atoms. The van der Waals surface area contributed by atoms with Gasteiger partial charge in [-0.15, -0.1) is 0 Å². The smallest absolute Gasteiger partial charge is 0.222 e. The fourth-order valence-corrected chi connectivity index (χ4v) is 2.15. The summed E-state index contributed by atoms with van der Waals surface area (Å²) < 4.78 is 0. The molecule has 1 heterocycles. The minimum atomic E-state index is -0.142. The Balaban J connectivity index is 2.15. The molecule has 18 heavy (non-hydrogen) atoms. The summed E-state index contributed by atoms with van der Waals surface area (Å²) in [7, 11) is 0. The first-order chi connectivity index (χ1) is 8.81. The van der Waals surface area contributed by atoms with E-state index in [1.807, 2.05) is 29.2 Å². The van der Waals surface area contributed by atoms with Crippen LogP contribution in [0.25, 0.3) is 0 Å². The highest BCUT2D eigenvalue weighted by molar-refractivity contribution is 5.76. The Morgan fingerprint density at radius 2 is 2.11 bits per heavy atom. The van der Waals surface area contributed by atoms with Crippen LogP contribution in [0.2, 0.25) is 0 Å². The summed E-state index contributed by atoms with van der Waals surface area (Å²) in [5.74, 6) is 5.81. The van der Waals surface area contributed by atoms with Gasteiger partial charge in [0.1, 0.15) is 6.61 Å². The summed E-state index contributed by atoms with van der Waals surface area (Å²) in [6.07, 6.45) is 2.74. The topological polar surface area (TPSA) is 40.5 Å². The number of piperidine rings is 1. The van der Waals surface area contributed by atoms with Crippen molar-refractivity contribution in [3.05, 3.63) is 35.4 Å². The number of carbonyl (C=O) groups is 1. The largest absolute Gasteiger partial charge is 0.384 e. The number of hydrogen-bond donors (Lipinski definition) is 1. The van der Waals surface area contributed by atoms with Gasteiger partial charge < -0.3 is 10.0 Å². The highest BCUT2D eigenvalue weighted by Gasteiger charge is 2.18. The summed E-state index contributed by atoms with van der Waals surface area (Å²) in [4.78, 5) is 13.7. The first kappa shape index (κ1) is 12.7. The van der Waals surface area contributed by atoms with E-state index in [2.05, 4.69) is 11.8 Å².